The molecular weight excluding hydrogens is 362 g/mol. The van der Waals surface area contributed by atoms with Crippen molar-refractivity contribution in [2.75, 3.05) is 25.7 Å². The van der Waals surface area contributed by atoms with E-state index in [1.54, 1.807) is 41.3 Å². The summed E-state index contributed by atoms with van der Waals surface area (Å²) < 4.78 is 15.3. The van der Waals surface area contributed by atoms with Gasteiger partial charge in [-0.1, -0.05) is 24.3 Å². The van der Waals surface area contributed by atoms with Crippen LogP contribution >= 0.6 is 0 Å². The Morgan fingerprint density at radius 1 is 1.07 bits per heavy atom. The SMILES string of the molecule is COC(=O)c1ccc(COC(=O)[C@@H]2CC(=O)N(c3ccccc3OC)C2)cc1. The zero-order chi connectivity index (χ0) is 20.1. The molecule has 1 amide bonds. The minimum absolute atomic E-state index is 0.0691. The van der Waals surface area contributed by atoms with Crippen molar-refractivity contribution in [2.45, 2.75) is 13.0 Å². The van der Waals surface area contributed by atoms with Crippen molar-refractivity contribution in [3.05, 3.63) is 59.7 Å². The van der Waals surface area contributed by atoms with Gasteiger partial charge in [0.1, 0.15) is 12.4 Å². The van der Waals surface area contributed by atoms with E-state index < -0.39 is 17.9 Å². The molecule has 1 fully saturated rings. The van der Waals surface area contributed by atoms with E-state index in [0.717, 1.165) is 5.56 Å². The van der Waals surface area contributed by atoms with Gasteiger partial charge in [-0.3, -0.25) is 9.59 Å². The van der Waals surface area contributed by atoms with Crippen LogP contribution in [-0.4, -0.2) is 38.6 Å². The Morgan fingerprint density at radius 2 is 1.79 bits per heavy atom. The lowest BCUT2D eigenvalue weighted by molar-refractivity contribution is -0.149. The molecule has 2 aromatic carbocycles. The second-order valence-corrected chi connectivity index (χ2v) is 6.37. The summed E-state index contributed by atoms with van der Waals surface area (Å²) in [6, 6.07) is 13.8. The lowest BCUT2D eigenvalue weighted by Crippen LogP contribution is -2.26. The zero-order valence-electron chi connectivity index (χ0n) is 15.7. The second-order valence-electron chi connectivity index (χ2n) is 6.37. The third kappa shape index (κ3) is 4.14. The Labute approximate surface area is 162 Å². The first-order valence-corrected chi connectivity index (χ1v) is 8.80. The number of amides is 1. The summed E-state index contributed by atoms with van der Waals surface area (Å²) in [7, 11) is 2.85. The summed E-state index contributed by atoms with van der Waals surface area (Å²) >= 11 is 0. The van der Waals surface area contributed by atoms with Crippen LogP contribution < -0.4 is 9.64 Å². The number of nitrogens with zero attached hydrogens (tertiary/aromatic N) is 1. The number of methoxy groups -OCH3 is 2. The quantitative estimate of drug-likeness (QED) is 0.713. The number of anilines is 1. The van der Waals surface area contributed by atoms with E-state index in [2.05, 4.69) is 4.74 Å². The number of hydrogen-bond acceptors (Lipinski definition) is 6. The van der Waals surface area contributed by atoms with E-state index in [9.17, 15) is 14.4 Å². The molecule has 146 valence electrons. The van der Waals surface area contributed by atoms with Crippen molar-refractivity contribution in [3.63, 3.8) is 0 Å². The molecule has 7 nitrogen and oxygen atoms in total. The predicted octanol–water partition coefficient (Wildman–Crippen LogP) is 2.58. The fourth-order valence-electron chi connectivity index (χ4n) is 3.08. The van der Waals surface area contributed by atoms with Crippen LogP contribution in [-0.2, 0) is 25.7 Å². The molecule has 1 aliphatic rings. The van der Waals surface area contributed by atoms with Crippen molar-refractivity contribution in [1.82, 2.24) is 0 Å². The summed E-state index contributed by atoms with van der Waals surface area (Å²) in [5.74, 6) is -0.955. The van der Waals surface area contributed by atoms with Gasteiger partial charge in [0.2, 0.25) is 5.91 Å². The van der Waals surface area contributed by atoms with Crippen LogP contribution in [0.1, 0.15) is 22.3 Å². The standard InChI is InChI=1S/C21H21NO6/c1-26-18-6-4-3-5-17(18)22-12-16(11-19(22)23)21(25)28-13-14-7-9-15(10-8-14)20(24)27-2/h3-10,16H,11-13H2,1-2H3/t16-/m1/s1. The molecule has 0 bridgehead atoms. The molecule has 1 heterocycles. The monoisotopic (exact) mass is 383 g/mol. The number of benzene rings is 2. The van der Waals surface area contributed by atoms with Crippen LogP contribution in [0.2, 0.25) is 0 Å². The summed E-state index contributed by atoms with van der Waals surface area (Å²) in [6.45, 7) is 0.318. The van der Waals surface area contributed by atoms with Crippen molar-refractivity contribution in [2.24, 2.45) is 5.92 Å². The fraction of sp³-hybridized carbons (Fsp3) is 0.286. The van der Waals surface area contributed by atoms with Crippen molar-refractivity contribution in [3.8, 4) is 5.75 Å². The molecule has 0 N–H and O–H groups in total. The minimum atomic E-state index is -0.535. The van der Waals surface area contributed by atoms with Gasteiger partial charge in [-0.05, 0) is 29.8 Å². The first-order chi connectivity index (χ1) is 13.5. The third-order valence-corrected chi connectivity index (χ3v) is 4.59. The summed E-state index contributed by atoms with van der Waals surface area (Å²) in [4.78, 5) is 37.8. The molecule has 28 heavy (non-hydrogen) atoms. The van der Waals surface area contributed by atoms with E-state index in [1.165, 1.54) is 14.2 Å². The third-order valence-electron chi connectivity index (χ3n) is 4.59. The Kier molecular flexibility index (Phi) is 5.93. The van der Waals surface area contributed by atoms with Crippen molar-refractivity contribution >= 4 is 23.5 Å². The maximum Gasteiger partial charge on any atom is 0.337 e. The fourth-order valence-corrected chi connectivity index (χ4v) is 3.08. The molecule has 0 radical (unpaired) electrons. The maximum atomic E-state index is 12.4. The van der Waals surface area contributed by atoms with E-state index in [4.69, 9.17) is 9.47 Å². The largest absolute Gasteiger partial charge is 0.495 e. The molecule has 1 aliphatic heterocycles. The van der Waals surface area contributed by atoms with Gasteiger partial charge in [0, 0.05) is 13.0 Å². The van der Waals surface area contributed by atoms with Crippen molar-refractivity contribution < 1.29 is 28.6 Å². The Balaban J connectivity index is 1.60. The average molecular weight is 383 g/mol. The average Bonchev–Trinajstić information content (AvgIpc) is 3.13. The number of hydrogen-bond donors (Lipinski definition) is 0. The Bertz CT molecular complexity index is 877. The predicted molar refractivity (Wildman–Crippen MR) is 101 cm³/mol. The number of esters is 2. The maximum absolute atomic E-state index is 12.4. The number of carbonyl (C=O) groups is 3. The van der Waals surface area contributed by atoms with E-state index in [1.807, 2.05) is 12.1 Å². The molecule has 2 aromatic rings. The number of rotatable bonds is 6. The molecule has 0 aromatic heterocycles. The van der Waals surface area contributed by atoms with Gasteiger partial charge < -0.3 is 19.1 Å². The van der Waals surface area contributed by atoms with Gasteiger partial charge in [-0.25, -0.2) is 4.79 Å². The van der Waals surface area contributed by atoms with Crippen LogP contribution in [0, 0.1) is 5.92 Å². The highest BCUT2D eigenvalue weighted by molar-refractivity contribution is 6.00. The van der Waals surface area contributed by atoms with Gasteiger partial charge in [0.25, 0.3) is 0 Å². The summed E-state index contributed by atoms with van der Waals surface area (Å²) in [5, 5.41) is 0. The van der Waals surface area contributed by atoms with Gasteiger partial charge in [0.05, 0.1) is 31.4 Å². The lowest BCUT2D eigenvalue weighted by atomic mass is 10.1. The minimum Gasteiger partial charge on any atom is -0.495 e. The molecule has 3 rings (SSSR count). The normalized spacial score (nSPS) is 16.0. The molecule has 7 heteroatoms. The van der Waals surface area contributed by atoms with E-state index in [0.29, 0.717) is 17.0 Å². The lowest BCUT2D eigenvalue weighted by Gasteiger charge is -2.19. The Morgan fingerprint density at radius 3 is 2.46 bits per heavy atom. The highest BCUT2D eigenvalue weighted by Crippen LogP contribution is 2.33. The molecule has 0 unspecified atom stereocenters. The number of carbonyl (C=O) groups excluding carboxylic acids is 3. The van der Waals surface area contributed by atoms with Crippen LogP contribution in [0.15, 0.2) is 48.5 Å². The van der Waals surface area contributed by atoms with E-state index >= 15 is 0 Å². The molecule has 0 spiro atoms. The smallest absolute Gasteiger partial charge is 0.337 e. The molecule has 0 aliphatic carbocycles. The van der Waals surface area contributed by atoms with Crippen LogP contribution in [0.4, 0.5) is 5.69 Å². The topological polar surface area (TPSA) is 82.1 Å². The van der Waals surface area contributed by atoms with E-state index in [-0.39, 0.29) is 25.5 Å². The van der Waals surface area contributed by atoms with Gasteiger partial charge in [-0.15, -0.1) is 0 Å². The van der Waals surface area contributed by atoms with Crippen LogP contribution in [0.3, 0.4) is 0 Å². The molecule has 0 saturated carbocycles. The highest BCUT2D eigenvalue weighted by atomic mass is 16.5. The molecule has 1 saturated heterocycles. The highest BCUT2D eigenvalue weighted by Gasteiger charge is 2.37. The molecular formula is C21H21NO6. The van der Waals surface area contributed by atoms with Crippen LogP contribution in [0.5, 0.6) is 5.75 Å². The zero-order valence-corrected chi connectivity index (χ0v) is 15.7. The first kappa shape index (κ1) is 19.4. The molecule has 1 atom stereocenters. The van der Waals surface area contributed by atoms with Crippen LogP contribution in [0.25, 0.3) is 0 Å². The second kappa shape index (κ2) is 8.56. The summed E-state index contributed by atoms with van der Waals surface area (Å²) in [5.41, 5.74) is 1.81. The van der Waals surface area contributed by atoms with Crippen molar-refractivity contribution in [1.29, 1.82) is 0 Å². The number of para-hydroxylation sites is 2. The summed E-state index contributed by atoms with van der Waals surface area (Å²) in [6.07, 6.45) is 0.0954. The van der Waals surface area contributed by atoms with Gasteiger partial charge in [0.15, 0.2) is 0 Å². The van der Waals surface area contributed by atoms with Gasteiger partial charge >= 0.3 is 11.9 Å². The Hall–Kier alpha value is -3.35. The first-order valence-electron chi connectivity index (χ1n) is 8.80. The number of ether oxygens (including phenoxy) is 3. The van der Waals surface area contributed by atoms with Gasteiger partial charge in [-0.2, -0.15) is 0 Å².